The van der Waals surface area contributed by atoms with Gasteiger partial charge in [0.2, 0.25) is 5.91 Å². The van der Waals surface area contributed by atoms with Crippen LogP contribution in [0.25, 0.3) is 10.9 Å². The third-order valence-electron chi connectivity index (χ3n) is 3.51. The molecule has 6 nitrogen and oxygen atoms in total. The number of anilines is 3. The van der Waals surface area contributed by atoms with E-state index in [1.54, 1.807) is 6.07 Å². The number of rotatable bonds is 5. The Morgan fingerprint density at radius 2 is 2.04 bits per heavy atom. The predicted octanol–water partition coefficient (Wildman–Crippen LogP) is 2.96. The fraction of sp³-hybridized carbons (Fsp3) is 0.0556. The van der Waals surface area contributed by atoms with Crippen molar-refractivity contribution in [1.29, 1.82) is 0 Å². The molecule has 6 heteroatoms. The van der Waals surface area contributed by atoms with Crippen molar-refractivity contribution in [3.63, 3.8) is 0 Å². The van der Waals surface area contributed by atoms with E-state index in [0.717, 1.165) is 22.2 Å². The molecule has 4 N–H and O–H groups in total. The maximum atomic E-state index is 11.5. The van der Waals surface area contributed by atoms with Crippen molar-refractivity contribution in [2.75, 3.05) is 10.6 Å². The smallest absolute Gasteiger partial charge is 0.247 e. The standard InChI is InChI=1S/C18H17N5O/c1-2-17(24)22-14-6-7-16-15(9-14)18(21-11-20-16)23-13-5-3-4-12(8-13)10-19/h2-9,11H,1,10,19H2,(H,22,24)(H,20,21,23). The first kappa shape index (κ1) is 15.6. The average molecular weight is 319 g/mol. The van der Waals surface area contributed by atoms with Gasteiger partial charge in [0.05, 0.1) is 5.52 Å². The molecular weight excluding hydrogens is 302 g/mol. The van der Waals surface area contributed by atoms with E-state index in [1.807, 2.05) is 36.4 Å². The first-order valence-electron chi connectivity index (χ1n) is 7.44. The number of carbonyl (C=O) groups is 1. The second kappa shape index (κ2) is 6.89. The number of hydrogen-bond acceptors (Lipinski definition) is 5. The molecule has 2 aromatic carbocycles. The van der Waals surface area contributed by atoms with Crippen LogP contribution >= 0.6 is 0 Å². The zero-order valence-corrected chi connectivity index (χ0v) is 13.0. The second-order valence-corrected chi connectivity index (χ2v) is 5.18. The lowest BCUT2D eigenvalue weighted by Gasteiger charge is -2.10. The molecule has 1 aromatic heterocycles. The summed E-state index contributed by atoms with van der Waals surface area (Å²) < 4.78 is 0. The van der Waals surface area contributed by atoms with E-state index in [2.05, 4.69) is 27.2 Å². The van der Waals surface area contributed by atoms with Crippen molar-refractivity contribution < 1.29 is 4.79 Å². The number of hydrogen-bond donors (Lipinski definition) is 3. The quantitative estimate of drug-likeness (QED) is 0.629. The van der Waals surface area contributed by atoms with Crippen LogP contribution in [-0.2, 0) is 11.3 Å². The molecule has 0 saturated heterocycles. The topological polar surface area (TPSA) is 92.9 Å². The van der Waals surface area contributed by atoms with Crippen LogP contribution in [-0.4, -0.2) is 15.9 Å². The number of amides is 1. The molecule has 24 heavy (non-hydrogen) atoms. The summed E-state index contributed by atoms with van der Waals surface area (Å²) in [6.45, 7) is 3.92. The minimum Gasteiger partial charge on any atom is -0.340 e. The van der Waals surface area contributed by atoms with Gasteiger partial charge in [0.25, 0.3) is 0 Å². The summed E-state index contributed by atoms with van der Waals surface area (Å²) in [5.74, 6) is 0.389. The van der Waals surface area contributed by atoms with Gasteiger partial charge in [-0.2, -0.15) is 0 Å². The summed E-state index contributed by atoms with van der Waals surface area (Å²) in [6.07, 6.45) is 2.72. The van der Waals surface area contributed by atoms with Gasteiger partial charge in [-0.15, -0.1) is 0 Å². The highest BCUT2D eigenvalue weighted by Crippen LogP contribution is 2.26. The van der Waals surface area contributed by atoms with Gasteiger partial charge in [-0.3, -0.25) is 4.79 Å². The Morgan fingerprint density at radius 1 is 1.17 bits per heavy atom. The Morgan fingerprint density at radius 3 is 2.83 bits per heavy atom. The third-order valence-corrected chi connectivity index (χ3v) is 3.51. The molecule has 0 spiro atoms. The lowest BCUT2D eigenvalue weighted by molar-refractivity contribution is -0.111. The van der Waals surface area contributed by atoms with Crippen LogP contribution < -0.4 is 16.4 Å². The number of carbonyl (C=O) groups excluding carboxylic acids is 1. The maximum absolute atomic E-state index is 11.5. The zero-order valence-electron chi connectivity index (χ0n) is 13.0. The summed E-state index contributed by atoms with van der Waals surface area (Å²) in [5, 5.41) is 6.82. The van der Waals surface area contributed by atoms with Crippen LogP contribution in [0.15, 0.2) is 61.4 Å². The normalized spacial score (nSPS) is 10.4. The number of benzene rings is 2. The summed E-state index contributed by atoms with van der Waals surface area (Å²) in [4.78, 5) is 20.0. The number of fused-ring (bicyclic) bond motifs is 1. The first-order chi connectivity index (χ1) is 11.7. The molecule has 0 aliphatic carbocycles. The number of aromatic nitrogens is 2. The largest absolute Gasteiger partial charge is 0.340 e. The Bertz CT molecular complexity index is 907. The van der Waals surface area contributed by atoms with Gasteiger partial charge >= 0.3 is 0 Å². The summed E-state index contributed by atoms with van der Waals surface area (Å²) >= 11 is 0. The molecule has 3 aromatic rings. The lowest BCUT2D eigenvalue weighted by atomic mass is 10.2. The molecule has 0 radical (unpaired) electrons. The lowest BCUT2D eigenvalue weighted by Crippen LogP contribution is -2.07. The van der Waals surface area contributed by atoms with Gasteiger partial charge in [-0.25, -0.2) is 9.97 Å². The summed E-state index contributed by atoms with van der Waals surface area (Å²) in [5.41, 5.74) is 9.02. The Balaban J connectivity index is 1.98. The maximum Gasteiger partial charge on any atom is 0.247 e. The molecule has 120 valence electrons. The van der Waals surface area contributed by atoms with E-state index in [9.17, 15) is 4.79 Å². The Hall–Kier alpha value is -3.25. The third kappa shape index (κ3) is 3.39. The number of nitrogens with two attached hydrogens (primary N) is 1. The van der Waals surface area contributed by atoms with Crippen LogP contribution in [0.3, 0.4) is 0 Å². The van der Waals surface area contributed by atoms with Crippen LogP contribution in [0, 0.1) is 0 Å². The molecule has 0 unspecified atom stereocenters. The molecule has 1 amide bonds. The molecule has 0 atom stereocenters. The molecule has 0 saturated carbocycles. The highest BCUT2D eigenvalue weighted by Gasteiger charge is 2.07. The van der Waals surface area contributed by atoms with E-state index in [0.29, 0.717) is 18.1 Å². The Kier molecular flexibility index (Phi) is 4.49. The zero-order chi connectivity index (χ0) is 16.9. The van der Waals surface area contributed by atoms with Crippen LogP contribution in [0.2, 0.25) is 0 Å². The first-order valence-corrected chi connectivity index (χ1v) is 7.44. The minimum atomic E-state index is -0.267. The Labute approximate surface area is 139 Å². The number of nitrogens with zero attached hydrogens (tertiary/aromatic N) is 2. The van der Waals surface area contributed by atoms with Gasteiger partial charge in [0.1, 0.15) is 12.1 Å². The predicted molar refractivity (Wildman–Crippen MR) is 96.0 cm³/mol. The SMILES string of the molecule is C=CC(=O)Nc1ccc2ncnc(Nc3cccc(CN)c3)c2c1. The monoisotopic (exact) mass is 319 g/mol. The van der Waals surface area contributed by atoms with Crippen molar-refractivity contribution in [2.45, 2.75) is 6.54 Å². The highest BCUT2D eigenvalue weighted by atomic mass is 16.1. The summed E-state index contributed by atoms with van der Waals surface area (Å²) in [7, 11) is 0. The molecule has 0 bridgehead atoms. The van der Waals surface area contributed by atoms with Crippen LogP contribution in [0.5, 0.6) is 0 Å². The fourth-order valence-corrected chi connectivity index (χ4v) is 2.34. The van der Waals surface area contributed by atoms with E-state index >= 15 is 0 Å². The van der Waals surface area contributed by atoms with Crippen molar-refractivity contribution in [2.24, 2.45) is 5.73 Å². The van der Waals surface area contributed by atoms with Gasteiger partial charge in [-0.1, -0.05) is 18.7 Å². The molecular formula is C18H17N5O. The van der Waals surface area contributed by atoms with Gasteiger partial charge in [-0.05, 0) is 42.0 Å². The molecule has 0 aliphatic rings. The van der Waals surface area contributed by atoms with Gasteiger partial charge in [0, 0.05) is 23.3 Å². The average Bonchev–Trinajstić information content (AvgIpc) is 2.62. The van der Waals surface area contributed by atoms with Crippen LogP contribution in [0.4, 0.5) is 17.2 Å². The van der Waals surface area contributed by atoms with Crippen molar-refractivity contribution >= 4 is 34.0 Å². The molecule has 1 heterocycles. The van der Waals surface area contributed by atoms with Gasteiger partial charge < -0.3 is 16.4 Å². The van der Waals surface area contributed by atoms with Crippen molar-refractivity contribution in [1.82, 2.24) is 9.97 Å². The van der Waals surface area contributed by atoms with E-state index in [1.165, 1.54) is 12.4 Å². The fourth-order valence-electron chi connectivity index (χ4n) is 2.34. The number of nitrogens with one attached hydrogen (secondary N) is 2. The molecule has 0 aliphatic heterocycles. The van der Waals surface area contributed by atoms with E-state index in [4.69, 9.17) is 5.73 Å². The summed E-state index contributed by atoms with van der Waals surface area (Å²) in [6, 6.07) is 13.3. The highest BCUT2D eigenvalue weighted by molar-refractivity contribution is 6.01. The molecule has 0 fully saturated rings. The second-order valence-electron chi connectivity index (χ2n) is 5.18. The minimum absolute atomic E-state index is 0.267. The van der Waals surface area contributed by atoms with Crippen LogP contribution in [0.1, 0.15) is 5.56 Å². The molecule has 3 rings (SSSR count). The van der Waals surface area contributed by atoms with E-state index in [-0.39, 0.29) is 5.91 Å². The van der Waals surface area contributed by atoms with Gasteiger partial charge in [0.15, 0.2) is 0 Å². The van der Waals surface area contributed by atoms with E-state index < -0.39 is 0 Å². The van der Waals surface area contributed by atoms with Crippen molar-refractivity contribution in [3.8, 4) is 0 Å². The van der Waals surface area contributed by atoms with Crippen molar-refractivity contribution in [3.05, 3.63) is 67.0 Å².